The maximum atomic E-state index is 12.0. The summed E-state index contributed by atoms with van der Waals surface area (Å²) in [5.41, 5.74) is -1.39. The molecule has 0 spiro atoms. The number of Topliss-reactive ketones (excluding diaryl/α,β-unsaturated/α-hetero) is 1. The number of carbonyl (C=O) groups is 1. The number of hydrogen-bond donors (Lipinski definition) is 1. The van der Waals surface area contributed by atoms with Crippen molar-refractivity contribution in [1.82, 2.24) is 19.7 Å². The second kappa shape index (κ2) is 4.65. The van der Waals surface area contributed by atoms with Crippen molar-refractivity contribution >= 4 is 17.1 Å². The molecule has 0 aliphatic heterocycles. The van der Waals surface area contributed by atoms with Gasteiger partial charge in [-0.1, -0.05) is 18.3 Å². The number of aryl methyl sites for hydroxylation is 1. The summed E-state index contributed by atoms with van der Waals surface area (Å²) < 4.78 is 0.827. The van der Waals surface area contributed by atoms with Crippen LogP contribution in [0.5, 0.6) is 0 Å². The molecule has 7 nitrogen and oxygen atoms in total. The molecule has 0 aromatic carbocycles. The molecular formula is C10H10N4O3S. The molecule has 0 unspecified atom stereocenters. The lowest BCUT2D eigenvalue weighted by atomic mass is 10.2. The van der Waals surface area contributed by atoms with Crippen molar-refractivity contribution < 1.29 is 4.79 Å². The van der Waals surface area contributed by atoms with Gasteiger partial charge in [0.1, 0.15) is 5.01 Å². The van der Waals surface area contributed by atoms with E-state index in [0.717, 1.165) is 22.1 Å². The number of nitrogens with zero attached hydrogens (tertiary/aromatic N) is 3. The summed E-state index contributed by atoms with van der Waals surface area (Å²) in [7, 11) is 0. The monoisotopic (exact) mass is 266 g/mol. The third kappa shape index (κ3) is 2.02. The van der Waals surface area contributed by atoms with Gasteiger partial charge in [-0.05, 0) is 13.3 Å². The lowest BCUT2D eigenvalue weighted by Gasteiger charge is -2.00. The molecule has 1 N–H and O–H groups in total. The van der Waals surface area contributed by atoms with Gasteiger partial charge in [0.15, 0.2) is 5.78 Å². The van der Waals surface area contributed by atoms with Crippen LogP contribution in [0.3, 0.4) is 0 Å². The number of carbonyl (C=O) groups excluding carboxylic acids is 1. The molecule has 2 heterocycles. The van der Waals surface area contributed by atoms with E-state index in [9.17, 15) is 14.4 Å². The number of H-pyrrole nitrogens is 1. The Labute approximate surface area is 105 Å². The highest BCUT2D eigenvalue weighted by Crippen LogP contribution is 2.11. The third-order valence-corrected chi connectivity index (χ3v) is 3.36. The van der Waals surface area contributed by atoms with Crippen LogP contribution >= 0.6 is 11.3 Å². The molecule has 0 atom stereocenters. The summed E-state index contributed by atoms with van der Waals surface area (Å²) in [6.45, 7) is 3.15. The summed E-state index contributed by atoms with van der Waals surface area (Å²) >= 11 is 1.14. The predicted octanol–water partition coefficient (Wildman–Crippen LogP) is 0.142. The fourth-order valence-corrected chi connectivity index (χ4v) is 2.15. The van der Waals surface area contributed by atoms with E-state index >= 15 is 0 Å². The first-order valence-electron chi connectivity index (χ1n) is 5.23. The quantitative estimate of drug-likeness (QED) is 0.797. The van der Waals surface area contributed by atoms with Gasteiger partial charge in [0.05, 0.1) is 5.56 Å². The smallest absolute Gasteiger partial charge is 0.313 e. The van der Waals surface area contributed by atoms with Crippen LogP contribution in [-0.4, -0.2) is 25.5 Å². The second-order valence-corrected chi connectivity index (χ2v) is 4.58. The van der Waals surface area contributed by atoms with Gasteiger partial charge in [0.2, 0.25) is 5.13 Å². The number of rotatable bonds is 3. The fourth-order valence-electron chi connectivity index (χ4n) is 1.38. The SMILES string of the molecule is CCc1nnc(-n2c(=O)[nH]cc(C(C)=O)c2=O)s1. The maximum Gasteiger partial charge on any atom is 0.334 e. The Bertz CT molecular complexity index is 712. The molecule has 0 radical (unpaired) electrons. The van der Waals surface area contributed by atoms with Crippen LogP contribution in [0.2, 0.25) is 0 Å². The van der Waals surface area contributed by atoms with Gasteiger partial charge >= 0.3 is 5.69 Å². The van der Waals surface area contributed by atoms with Crippen molar-refractivity contribution in [3.8, 4) is 5.13 Å². The molecule has 18 heavy (non-hydrogen) atoms. The van der Waals surface area contributed by atoms with Crippen LogP contribution in [0.1, 0.15) is 29.2 Å². The van der Waals surface area contributed by atoms with Crippen molar-refractivity contribution in [1.29, 1.82) is 0 Å². The Kier molecular flexibility index (Phi) is 3.19. The van der Waals surface area contributed by atoms with Crippen LogP contribution in [0.15, 0.2) is 15.8 Å². The second-order valence-electron chi connectivity index (χ2n) is 3.54. The normalized spacial score (nSPS) is 10.6. The van der Waals surface area contributed by atoms with E-state index in [1.807, 2.05) is 6.92 Å². The van der Waals surface area contributed by atoms with Crippen molar-refractivity contribution in [2.75, 3.05) is 0 Å². The lowest BCUT2D eigenvalue weighted by molar-refractivity contribution is 0.101. The maximum absolute atomic E-state index is 12.0. The van der Waals surface area contributed by atoms with Crippen molar-refractivity contribution in [2.45, 2.75) is 20.3 Å². The zero-order valence-electron chi connectivity index (χ0n) is 9.76. The van der Waals surface area contributed by atoms with Gasteiger partial charge in [0, 0.05) is 6.20 Å². The number of nitrogens with one attached hydrogen (secondary N) is 1. The zero-order chi connectivity index (χ0) is 13.3. The summed E-state index contributed by atoms with van der Waals surface area (Å²) in [4.78, 5) is 37.2. The molecule has 2 rings (SSSR count). The van der Waals surface area contributed by atoms with E-state index < -0.39 is 17.0 Å². The molecular weight excluding hydrogens is 256 g/mol. The van der Waals surface area contributed by atoms with Crippen LogP contribution in [0, 0.1) is 0 Å². The molecule has 94 valence electrons. The molecule has 0 saturated heterocycles. The van der Waals surface area contributed by atoms with E-state index in [0.29, 0.717) is 11.4 Å². The minimum atomic E-state index is -0.676. The first-order chi connectivity index (χ1) is 8.54. The van der Waals surface area contributed by atoms with Crippen molar-refractivity contribution in [3.63, 3.8) is 0 Å². The van der Waals surface area contributed by atoms with E-state index in [-0.39, 0.29) is 10.7 Å². The summed E-state index contributed by atoms with van der Waals surface area (Å²) in [6.07, 6.45) is 1.78. The molecule has 0 bridgehead atoms. The number of aromatic amines is 1. The summed E-state index contributed by atoms with van der Waals surface area (Å²) in [5, 5.41) is 8.50. The molecule has 2 aromatic rings. The Balaban J connectivity index is 2.70. The molecule has 0 saturated carbocycles. The Morgan fingerprint density at radius 1 is 1.44 bits per heavy atom. The first kappa shape index (κ1) is 12.4. The van der Waals surface area contributed by atoms with Crippen molar-refractivity contribution in [3.05, 3.63) is 37.6 Å². The van der Waals surface area contributed by atoms with Gasteiger partial charge < -0.3 is 4.98 Å². The van der Waals surface area contributed by atoms with E-state index in [4.69, 9.17) is 0 Å². The first-order valence-corrected chi connectivity index (χ1v) is 6.04. The molecule has 0 fully saturated rings. The molecule has 0 aliphatic carbocycles. The van der Waals surface area contributed by atoms with E-state index in [2.05, 4.69) is 15.2 Å². The van der Waals surface area contributed by atoms with Crippen molar-refractivity contribution in [2.24, 2.45) is 0 Å². The van der Waals surface area contributed by atoms with E-state index in [1.54, 1.807) is 0 Å². The minimum absolute atomic E-state index is 0.0807. The largest absolute Gasteiger partial charge is 0.334 e. The van der Waals surface area contributed by atoms with Crippen LogP contribution in [0.4, 0.5) is 0 Å². The predicted molar refractivity (Wildman–Crippen MR) is 65.5 cm³/mol. The Morgan fingerprint density at radius 2 is 2.17 bits per heavy atom. The summed E-state index contributed by atoms with van der Waals surface area (Å²) in [5.74, 6) is -0.412. The van der Waals surface area contributed by atoms with Crippen LogP contribution < -0.4 is 11.2 Å². The summed E-state index contributed by atoms with van der Waals surface area (Å²) in [6, 6.07) is 0. The molecule has 0 amide bonds. The van der Waals surface area contributed by atoms with E-state index in [1.165, 1.54) is 6.92 Å². The standard InChI is InChI=1S/C10H10N4O3S/c1-3-7-12-13-10(18-7)14-8(16)6(5(2)15)4-11-9(14)17/h4H,3H2,1-2H3,(H,11,17). The zero-order valence-corrected chi connectivity index (χ0v) is 10.6. The minimum Gasteiger partial charge on any atom is -0.313 e. The van der Waals surface area contributed by atoms with Crippen LogP contribution in [-0.2, 0) is 6.42 Å². The van der Waals surface area contributed by atoms with Gasteiger partial charge in [-0.3, -0.25) is 9.59 Å². The van der Waals surface area contributed by atoms with Gasteiger partial charge in [-0.15, -0.1) is 10.2 Å². The molecule has 2 aromatic heterocycles. The average molecular weight is 266 g/mol. The highest BCUT2D eigenvalue weighted by atomic mass is 32.1. The lowest BCUT2D eigenvalue weighted by Crippen LogP contribution is -2.36. The number of hydrogen-bond acceptors (Lipinski definition) is 6. The van der Waals surface area contributed by atoms with Crippen LogP contribution in [0.25, 0.3) is 5.13 Å². The Morgan fingerprint density at radius 3 is 2.72 bits per heavy atom. The molecule has 8 heteroatoms. The fraction of sp³-hybridized carbons (Fsp3) is 0.300. The number of aromatic nitrogens is 4. The Hall–Kier alpha value is -2.09. The van der Waals surface area contributed by atoms with Gasteiger partial charge in [0.25, 0.3) is 5.56 Å². The third-order valence-electron chi connectivity index (χ3n) is 2.31. The number of ketones is 1. The highest BCUT2D eigenvalue weighted by Gasteiger charge is 2.15. The highest BCUT2D eigenvalue weighted by molar-refractivity contribution is 7.13. The average Bonchev–Trinajstić information content (AvgIpc) is 2.77. The topological polar surface area (TPSA) is 97.7 Å². The van der Waals surface area contributed by atoms with Gasteiger partial charge in [-0.2, -0.15) is 4.57 Å². The molecule has 0 aliphatic rings. The van der Waals surface area contributed by atoms with Gasteiger partial charge in [-0.25, -0.2) is 4.79 Å².